The maximum absolute atomic E-state index is 13.5. The summed E-state index contributed by atoms with van der Waals surface area (Å²) in [6, 6.07) is 23.9. The fraction of sp³-hybridized carbons (Fsp3) is 0.250. The van der Waals surface area contributed by atoms with E-state index in [9.17, 15) is 14.4 Å². The van der Waals surface area contributed by atoms with Crippen LogP contribution in [0.25, 0.3) is 0 Å². The van der Waals surface area contributed by atoms with Gasteiger partial charge in [0.15, 0.2) is 0 Å². The van der Waals surface area contributed by atoms with Gasteiger partial charge in [0.25, 0.3) is 5.91 Å². The molecule has 2 N–H and O–H groups in total. The van der Waals surface area contributed by atoms with E-state index in [1.54, 1.807) is 36.9 Å². The molecule has 7 nitrogen and oxygen atoms in total. The summed E-state index contributed by atoms with van der Waals surface area (Å²) in [7, 11) is 1.88. The molecule has 1 unspecified atom stereocenters. The third kappa shape index (κ3) is 4.95. The predicted molar refractivity (Wildman–Crippen MR) is 139 cm³/mol. The summed E-state index contributed by atoms with van der Waals surface area (Å²) < 4.78 is 0. The molecule has 3 aromatic carbocycles. The van der Waals surface area contributed by atoms with Crippen LogP contribution in [0, 0.1) is 0 Å². The molecule has 0 spiro atoms. The Labute approximate surface area is 205 Å². The lowest BCUT2D eigenvalue weighted by molar-refractivity contribution is -0.127. The van der Waals surface area contributed by atoms with Crippen molar-refractivity contribution in [2.75, 3.05) is 29.1 Å². The van der Waals surface area contributed by atoms with Gasteiger partial charge in [0.2, 0.25) is 11.8 Å². The van der Waals surface area contributed by atoms with E-state index >= 15 is 0 Å². The molecular weight excluding hydrogens is 440 g/mol. The van der Waals surface area contributed by atoms with Gasteiger partial charge < -0.3 is 10.6 Å². The third-order valence-electron chi connectivity index (χ3n) is 6.47. The fourth-order valence-corrected chi connectivity index (χ4v) is 4.24. The lowest BCUT2D eigenvalue weighted by Crippen LogP contribution is -2.60. The Balaban J connectivity index is 1.49. The molecule has 180 valence electrons. The number of amides is 3. The van der Waals surface area contributed by atoms with Crippen molar-refractivity contribution < 1.29 is 14.4 Å². The second-order valence-corrected chi connectivity index (χ2v) is 9.30. The van der Waals surface area contributed by atoms with Crippen molar-refractivity contribution in [3.05, 3.63) is 90.0 Å². The topological polar surface area (TPSA) is 81.8 Å². The molecule has 1 heterocycles. The molecule has 1 atom stereocenters. The molecule has 4 rings (SSSR count). The van der Waals surface area contributed by atoms with E-state index in [1.807, 2.05) is 79.5 Å². The van der Waals surface area contributed by atoms with Crippen LogP contribution in [0.3, 0.4) is 0 Å². The van der Waals surface area contributed by atoms with Gasteiger partial charge in [-0.2, -0.15) is 0 Å². The number of fused-ring (bicyclic) bond motifs is 1. The highest BCUT2D eigenvalue weighted by molar-refractivity contribution is 6.14. The minimum absolute atomic E-state index is 0.107. The lowest BCUT2D eigenvalue weighted by Gasteiger charge is -2.43. The normalized spacial score (nSPS) is 15.2. The Morgan fingerprint density at radius 1 is 1.00 bits per heavy atom. The smallest absolute Gasteiger partial charge is 0.255 e. The molecule has 0 saturated heterocycles. The van der Waals surface area contributed by atoms with E-state index < -0.39 is 5.54 Å². The first-order valence-corrected chi connectivity index (χ1v) is 11.6. The summed E-state index contributed by atoms with van der Waals surface area (Å²) >= 11 is 0. The molecule has 1 aliphatic heterocycles. The van der Waals surface area contributed by atoms with E-state index in [1.165, 1.54) is 0 Å². The number of hydrogen-bond acceptors (Lipinski definition) is 4. The standard InChI is InChI=1S/C28H30N4O3/c1-19(21-13-10-14-22(17-21)29-26(34)20-11-6-5-7-12-20)31(4)18-25(33)32-24-16-9-8-15-23(24)30-27(35)28(32,2)3/h5-17,19H,18H2,1-4H3,(H,29,34)(H,30,35). The van der Waals surface area contributed by atoms with Crippen molar-refractivity contribution in [3.63, 3.8) is 0 Å². The number of anilines is 3. The van der Waals surface area contributed by atoms with Crippen LogP contribution in [0.4, 0.5) is 17.1 Å². The highest BCUT2D eigenvalue weighted by Gasteiger charge is 2.43. The van der Waals surface area contributed by atoms with Crippen LogP contribution in [0.15, 0.2) is 78.9 Å². The maximum atomic E-state index is 13.5. The Morgan fingerprint density at radius 2 is 1.69 bits per heavy atom. The highest BCUT2D eigenvalue weighted by Crippen LogP contribution is 2.37. The summed E-state index contributed by atoms with van der Waals surface area (Å²) in [6.07, 6.45) is 0. The van der Waals surface area contributed by atoms with Gasteiger partial charge >= 0.3 is 0 Å². The second kappa shape index (κ2) is 9.72. The second-order valence-electron chi connectivity index (χ2n) is 9.30. The number of rotatable bonds is 6. The maximum Gasteiger partial charge on any atom is 0.255 e. The zero-order valence-electron chi connectivity index (χ0n) is 20.4. The number of nitrogens with one attached hydrogen (secondary N) is 2. The zero-order chi connectivity index (χ0) is 25.2. The van der Waals surface area contributed by atoms with Crippen LogP contribution in [-0.4, -0.2) is 41.8 Å². The van der Waals surface area contributed by atoms with Crippen molar-refractivity contribution in [2.24, 2.45) is 0 Å². The van der Waals surface area contributed by atoms with E-state index in [-0.39, 0.29) is 30.3 Å². The molecule has 1 aliphatic rings. The van der Waals surface area contributed by atoms with Gasteiger partial charge in [-0.25, -0.2) is 0 Å². The molecule has 3 amide bonds. The monoisotopic (exact) mass is 470 g/mol. The summed E-state index contributed by atoms with van der Waals surface area (Å²) in [5.74, 6) is -0.564. The molecule has 0 bridgehead atoms. The Bertz CT molecular complexity index is 1260. The Hall–Kier alpha value is -3.97. The highest BCUT2D eigenvalue weighted by atomic mass is 16.2. The molecule has 3 aromatic rings. The molecule has 0 radical (unpaired) electrons. The summed E-state index contributed by atoms with van der Waals surface area (Å²) in [5, 5.41) is 5.82. The van der Waals surface area contributed by atoms with Crippen molar-refractivity contribution >= 4 is 34.8 Å². The van der Waals surface area contributed by atoms with Gasteiger partial charge in [-0.15, -0.1) is 0 Å². The quantitative estimate of drug-likeness (QED) is 0.547. The number of nitrogens with zero attached hydrogens (tertiary/aromatic N) is 2. The molecule has 0 aliphatic carbocycles. The van der Waals surface area contributed by atoms with Crippen LogP contribution in [0.2, 0.25) is 0 Å². The first kappa shape index (κ1) is 24.2. The zero-order valence-corrected chi connectivity index (χ0v) is 20.4. The van der Waals surface area contributed by atoms with Gasteiger partial charge in [0, 0.05) is 17.3 Å². The number of likely N-dealkylation sites (N-methyl/N-ethyl adjacent to an activating group) is 1. The lowest BCUT2D eigenvalue weighted by atomic mass is 9.96. The average Bonchev–Trinajstić information content (AvgIpc) is 2.84. The third-order valence-corrected chi connectivity index (χ3v) is 6.47. The Kier molecular flexibility index (Phi) is 6.71. The van der Waals surface area contributed by atoms with Crippen LogP contribution in [0.1, 0.15) is 42.7 Å². The molecule has 7 heteroatoms. The van der Waals surface area contributed by atoms with Crippen molar-refractivity contribution in [1.29, 1.82) is 0 Å². The summed E-state index contributed by atoms with van der Waals surface area (Å²) in [4.78, 5) is 42.2. The predicted octanol–water partition coefficient (Wildman–Crippen LogP) is 4.70. The molecule has 0 saturated carbocycles. The summed E-state index contributed by atoms with van der Waals surface area (Å²) in [5.41, 5.74) is 2.53. The number of hydrogen-bond donors (Lipinski definition) is 2. The molecule has 0 aromatic heterocycles. The van der Waals surface area contributed by atoms with Crippen molar-refractivity contribution in [1.82, 2.24) is 4.90 Å². The van der Waals surface area contributed by atoms with E-state index in [2.05, 4.69) is 10.6 Å². The Morgan fingerprint density at radius 3 is 2.43 bits per heavy atom. The average molecular weight is 471 g/mol. The largest absolute Gasteiger partial charge is 0.322 e. The van der Waals surface area contributed by atoms with E-state index in [0.717, 1.165) is 5.56 Å². The minimum atomic E-state index is -1.02. The number of carbonyl (C=O) groups excluding carboxylic acids is 3. The summed E-state index contributed by atoms with van der Waals surface area (Å²) in [6.45, 7) is 5.62. The van der Waals surface area contributed by atoms with E-state index in [0.29, 0.717) is 22.6 Å². The van der Waals surface area contributed by atoms with Gasteiger partial charge in [-0.05, 0) is 69.8 Å². The van der Waals surface area contributed by atoms with Gasteiger partial charge in [-0.3, -0.25) is 24.2 Å². The van der Waals surface area contributed by atoms with E-state index in [4.69, 9.17) is 0 Å². The molecular formula is C28H30N4O3. The van der Waals surface area contributed by atoms with Crippen LogP contribution >= 0.6 is 0 Å². The minimum Gasteiger partial charge on any atom is -0.322 e. The number of carbonyl (C=O) groups is 3. The van der Waals surface area contributed by atoms with Crippen molar-refractivity contribution in [3.8, 4) is 0 Å². The first-order chi connectivity index (χ1) is 16.7. The number of benzene rings is 3. The first-order valence-electron chi connectivity index (χ1n) is 11.6. The van der Waals surface area contributed by atoms with Crippen molar-refractivity contribution in [2.45, 2.75) is 32.4 Å². The molecule has 0 fully saturated rings. The molecule has 35 heavy (non-hydrogen) atoms. The van der Waals surface area contributed by atoms with Crippen LogP contribution in [0.5, 0.6) is 0 Å². The van der Waals surface area contributed by atoms with Gasteiger partial charge in [0.1, 0.15) is 5.54 Å². The van der Waals surface area contributed by atoms with Gasteiger partial charge in [0.05, 0.1) is 17.9 Å². The SMILES string of the molecule is CC(c1cccc(NC(=O)c2ccccc2)c1)N(C)CC(=O)N1c2ccccc2NC(=O)C1(C)C. The van der Waals surface area contributed by atoms with Gasteiger partial charge in [-0.1, -0.05) is 42.5 Å². The van der Waals surface area contributed by atoms with Crippen LogP contribution < -0.4 is 15.5 Å². The van der Waals surface area contributed by atoms with Crippen LogP contribution in [-0.2, 0) is 9.59 Å². The number of para-hydroxylation sites is 2. The fourth-order valence-electron chi connectivity index (χ4n) is 4.24.